The molecular weight excluding hydrogens is 446 g/mol. The van der Waals surface area contributed by atoms with Gasteiger partial charge in [-0.15, -0.1) is 10.2 Å². The van der Waals surface area contributed by atoms with Gasteiger partial charge in [0, 0.05) is 21.4 Å². The molecule has 4 rings (SSSR count). The molecule has 0 aliphatic carbocycles. The van der Waals surface area contributed by atoms with Crippen molar-refractivity contribution in [3.63, 3.8) is 0 Å². The zero-order valence-corrected chi connectivity index (χ0v) is 17.0. The first-order chi connectivity index (χ1) is 13.5. The van der Waals surface area contributed by atoms with Crippen molar-refractivity contribution in [3.05, 3.63) is 74.7 Å². The Labute approximate surface area is 177 Å². The Hall–Kier alpha value is -2.13. The Balaban J connectivity index is 1.56. The Kier molecular flexibility index (Phi) is 5.54. The molecule has 0 N–H and O–H groups in total. The summed E-state index contributed by atoms with van der Waals surface area (Å²) in [5.41, 5.74) is 1.10. The second-order valence-corrected chi connectivity index (χ2v) is 7.77. The average Bonchev–Trinajstić information content (AvgIpc) is 3.23. The summed E-state index contributed by atoms with van der Waals surface area (Å²) in [6.07, 6.45) is 2.77. The van der Waals surface area contributed by atoms with Crippen molar-refractivity contribution >= 4 is 58.6 Å². The Morgan fingerprint density at radius 3 is 2.75 bits per heavy atom. The lowest BCUT2D eigenvalue weighted by atomic mass is 10.2. The third-order valence-corrected chi connectivity index (χ3v) is 5.64. The molecule has 0 saturated carbocycles. The predicted molar refractivity (Wildman–Crippen MR) is 109 cm³/mol. The van der Waals surface area contributed by atoms with Crippen molar-refractivity contribution in [1.29, 1.82) is 0 Å². The van der Waals surface area contributed by atoms with Crippen molar-refractivity contribution < 1.29 is 4.39 Å². The summed E-state index contributed by atoms with van der Waals surface area (Å²) in [7, 11) is 0. The molecule has 0 aliphatic heterocycles. The molecule has 2 aromatic carbocycles. The molecular formula is C17H10Cl3FN6S. The van der Waals surface area contributed by atoms with Crippen LogP contribution in [0.3, 0.4) is 0 Å². The largest absolute Gasteiger partial charge is 0.275 e. The van der Waals surface area contributed by atoms with Gasteiger partial charge in [-0.3, -0.25) is 0 Å². The van der Waals surface area contributed by atoms with Crippen LogP contribution in [0.4, 0.5) is 4.39 Å². The monoisotopic (exact) mass is 454 g/mol. The molecule has 0 fully saturated rings. The molecule has 0 radical (unpaired) electrons. The van der Waals surface area contributed by atoms with Gasteiger partial charge in [0.25, 0.3) is 5.78 Å². The number of hydrogen-bond acceptors (Lipinski definition) is 5. The number of thioether (sulfide) groups is 1. The van der Waals surface area contributed by atoms with Gasteiger partial charge in [0.15, 0.2) is 0 Å². The van der Waals surface area contributed by atoms with Gasteiger partial charge in [-0.25, -0.2) is 4.39 Å². The maximum Gasteiger partial charge on any atom is 0.275 e. The van der Waals surface area contributed by atoms with Gasteiger partial charge in [-0.1, -0.05) is 58.7 Å². The number of fused-ring (bicyclic) bond motifs is 1. The zero-order chi connectivity index (χ0) is 19.7. The SMILES string of the molecule is Fc1cccc(Cl)c1/C=N\n1cnn2c(SCc3ccc(Cl)cc3Cl)nnc12. The van der Waals surface area contributed by atoms with E-state index in [0.717, 1.165) is 5.56 Å². The van der Waals surface area contributed by atoms with Gasteiger partial charge in [-0.05, 0) is 29.8 Å². The van der Waals surface area contributed by atoms with E-state index in [9.17, 15) is 4.39 Å². The third kappa shape index (κ3) is 3.86. The van der Waals surface area contributed by atoms with E-state index < -0.39 is 5.82 Å². The topological polar surface area (TPSA) is 60.4 Å². The highest BCUT2D eigenvalue weighted by Gasteiger charge is 2.13. The van der Waals surface area contributed by atoms with E-state index in [4.69, 9.17) is 34.8 Å². The number of benzene rings is 2. The second kappa shape index (κ2) is 8.08. The average molecular weight is 456 g/mol. The maximum absolute atomic E-state index is 13.9. The quantitative estimate of drug-likeness (QED) is 0.306. The highest BCUT2D eigenvalue weighted by Crippen LogP contribution is 2.27. The van der Waals surface area contributed by atoms with E-state index in [0.29, 0.717) is 26.7 Å². The summed E-state index contributed by atoms with van der Waals surface area (Å²) in [5, 5.41) is 18.6. The first-order valence-corrected chi connectivity index (χ1v) is 9.99. The van der Waals surface area contributed by atoms with Crippen LogP contribution in [0.1, 0.15) is 11.1 Å². The summed E-state index contributed by atoms with van der Waals surface area (Å²) < 4.78 is 16.8. The molecule has 142 valence electrons. The van der Waals surface area contributed by atoms with Crippen LogP contribution in [0.2, 0.25) is 15.1 Å². The van der Waals surface area contributed by atoms with E-state index in [2.05, 4.69) is 20.4 Å². The van der Waals surface area contributed by atoms with Crippen LogP contribution in [0.25, 0.3) is 5.78 Å². The van der Waals surface area contributed by atoms with Crippen LogP contribution in [0, 0.1) is 5.82 Å². The standard InChI is InChI=1S/C17H10Cl3FN6S/c18-11-5-4-10(14(20)6-11)8-28-17-25-24-16-26(9-23-27(16)17)22-7-12-13(19)2-1-3-15(12)21/h1-7,9H,8H2/b22-7-. The van der Waals surface area contributed by atoms with Crippen LogP contribution < -0.4 is 0 Å². The van der Waals surface area contributed by atoms with Gasteiger partial charge >= 0.3 is 0 Å². The summed E-state index contributed by atoms with van der Waals surface area (Å²) in [5.74, 6) is 0.482. The van der Waals surface area contributed by atoms with Crippen molar-refractivity contribution in [2.24, 2.45) is 5.10 Å². The first kappa shape index (κ1) is 19.2. The summed E-state index contributed by atoms with van der Waals surface area (Å²) >= 11 is 19.5. The van der Waals surface area contributed by atoms with E-state index in [1.807, 2.05) is 6.07 Å². The van der Waals surface area contributed by atoms with Crippen molar-refractivity contribution in [2.45, 2.75) is 10.9 Å². The van der Waals surface area contributed by atoms with Crippen molar-refractivity contribution in [3.8, 4) is 0 Å². The Bertz CT molecular complexity index is 1170. The summed E-state index contributed by atoms with van der Waals surface area (Å²) in [6, 6.07) is 9.75. The molecule has 2 heterocycles. The minimum atomic E-state index is -0.468. The number of rotatable bonds is 5. The number of nitrogens with zero attached hydrogens (tertiary/aromatic N) is 6. The van der Waals surface area contributed by atoms with Crippen LogP contribution in [0.15, 0.2) is 53.0 Å². The van der Waals surface area contributed by atoms with Gasteiger partial charge in [0.05, 0.1) is 11.2 Å². The van der Waals surface area contributed by atoms with Crippen LogP contribution in [-0.4, -0.2) is 30.7 Å². The molecule has 0 unspecified atom stereocenters. The smallest absolute Gasteiger partial charge is 0.206 e. The fourth-order valence-corrected chi connectivity index (χ4v) is 4.01. The Morgan fingerprint density at radius 2 is 1.96 bits per heavy atom. The number of hydrogen-bond donors (Lipinski definition) is 0. The molecule has 6 nitrogen and oxygen atoms in total. The van der Waals surface area contributed by atoms with Crippen molar-refractivity contribution in [2.75, 3.05) is 0 Å². The van der Waals surface area contributed by atoms with Crippen molar-refractivity contribution in [1.82, 2.24) is 24.5 Å². The van der Waals surface area contributed by atoms with Gasteiger partial charge in [0.1, 0.15) is 12.1 Å². The summed E-state index contributed by atoms with van der Waals surface area (Å²) in [6.45, 7) is 0. The summed E-state index contributed by atoms with van der Waals surface area (Å²) in [4.78, 5) is 0. The van der Waals surface area contributed by atoms with Crippen LogP contribution >= 0.6 is 46.6 Å². The fraction of sp³-hybridized carbons (Fsp3) is 0.0588. The second-order valence-electron chi connectivity index (χ2n) is 5.57. The lowest BCUT2D eigenvalue weighted by Gasteiger charge is -2.02. The predicted octanol–water partition coefficient (Wildman–Crippen LogP) is 5.20. The molecule has 4 aromatic rings. The maximum atomic E-state index is 13.9. The van der Waals surface area contributed by atoms with E-state index in [1.165, 1.54) is 45.6 Å². The molecule has 11 heteroatoms. The molecule has 0 spiro atoms. The van der Waals surface area contributed by atoms with Gasteiger partial charge < -0.3 is 0 Å². The number of halogens is 4. The van der Waals surface area contributed by atoms with E-state index >= 15 is 0 Å². The molecule has 0 atom stereocenters. The highest BCUT2D eigenvalue weighted by molar-refractivity contribution is 7.98. The lowest BCUT2D eigenvalue weighted by molar-refractivity contribution is 0.626. The molecule has 0 amide bonds. The molecule has 0 aliphatic rings. The van der Waals surface area contributed by atoms with Crippen LogP contribution in [0.5, 0.6) is 0 Å². The van der Waals surface area contributed by atoms with E-state index in [1.54, 1.807) is 18.2 Å². The zero-order valence-electron chi connectivity index (χ0n) is 13.9. The fourth-order valence-electron chi connectivity index (χ4n) is 2.36. The first-order valence-electron chi connectivity index (χ1n) is 7.87. The highest BCUT2D eigenvalue weighted by atomic mass is 35.5. The normalized spacial score (nSPS) is 11.7. The van der Waals surface area contributed by atoms with Gasteiger partial charge in [-0.2, -0.15) is 19.4 Å². The lowest BCUT2D eigenvalue weighted by Crippen LogP contribution is -1.94. The van der Waals surface area contributed by atoms with Crippen LogP contribution in [-0.2, 0) is 5.75 Å². The van der Waals surface area contributed by atoms with Gasteiger partial charge in [0.2, 0.25) is 5.16 Å². The third-order valence-electron chi connectivity index (χ3n) is 3.76. The number of aromatic nitrogens is 5. The molecule has 2 aromatic heterocycles. The minimum absolute atomic E-state index is 0.183. The molecule has 28 heavy (non-hydrogen) atoms. The minimum Gasteiger partial charge on any atom is -0.206 e. The Morgan fingerprint density at radius 1 is 1.11 bits per heavy atom. The van der Waals surface area contributed by atoms with E-state index in [-0.39, 0.29) is 10.6 Å². The molecule has 0 bridgehead atoms. The molecule has 0 saturated heterocycles.